The van der Waals surface area contributed by atoms with E-state index in [2.05, 4.69) is 26.1 Å². The van der Waals surface area contributed by atoms with Crippen LogP contribution in [0.2, 0.25) is 0 Å². The van der Waals surface area contributed by atoms with Gasteiger partial charge in [0.2, 0.25) is 0 Å². The van der Waals surface area contributed by atoms with Crippen LogP contribution in [0.25, 0.3) is 0 Å². The van der Waals surface area contributed by atoms with E-state index in [0.717, 1.165) is 12.1 Å². The minimum atomic E-state index is -0.165. The van der Waals surface area contributed by atoms with Gasteiger partial charge in [-0.25, -0.2) is 4.39 Å². The Morgan fingerprint density at radius 1 is 1.43 bits per heavy atom. The maximum absolute atomic E-state index is 13.0. The van der Waals surface area contributed by atoms with Crippen molar-refractivity contribution in [2.45, 2.75) is 32.7 Å². The number of hydrogen-bond acceptors (Lipinski definition) is 1. The second-order valence-electron chi connectivity index (χ2n) is 4.75. The molecular formula is C12H16FN. The van der Waals surface area contributed by atoms with Gasteiger partial charge in [-0.1, -0.05) is 13.0 Å². The lowest BCUT2D eigenvalue weighted by molar-refractivity contribution is 0.361. The zero-order valence-electron chi connectivity index (χ0n) is 8.89. The molecule has 1 heterocycles. The number of nitrogens with one attached hydrogen (secondary N) is 1. The van der Waals surface area contributed by atoms with Crippen LogP contribution < -0.4 is 5.32 Å². The third-order valence-electron chi connectivity index (χ3n) is 3.29. The number of hydrogen-bond donors (Lipinski definition) is 1. The first kappa shape index (κ1) is 9.50. The van der Waals surface area contributed by atoms with Crippen molar-refractivity contribution in [3.8, 4) is 0 Å². The fourth-order valence-corrected chi connectivity index (χ4v) is 1.90. The largest absolute Gasteiger partial charge is 0.380 e. The van der Waals surface area contributed by atoms with Gasteiger partial charge < -0.3 is 5.32 Å². The van der Waals surface area contributed by atoms with Crippen molar-refractivity contribution >= 4 is 5.69 Å². The molecule has 1 aliphatic rings. The standard InChI is InChI=1S/C12H16FN/c1-8-6-9-4-5-10(13)7-11(9)14-12(8,2)3/h4-5,7-8,14H,6H2,1-3H3. The Balaban J connectivity index is 2.41. The number of rotatable bonds is 0. The van der Waals surface area contributed by atoms with Crippen LogP contribution in [0.1, 0.15) is 26.3 Å². The van der Waals surface area contributed by atoms with Crippen molar-refractivity contribution in [1.29, 1.82) is 0 Å². The van der Waals surface area contributed by atoms with Crippen LogP contribution in [-0.4, -0.2) is 5.54 Å². The van der Waals surface area contributed by atoms with E-state index < -0.39 is 0 Å². The van der Waals surface area contributed by atoms with E-state index in [1.54, 1.807) is 6.07 Å². The molecule has 2 heteroatoms. The molecule has 1 N–H and O–H groups in total. The van der Waals surface area contributed by atoms with Crippen LogP contribution in [-0.2, 0) is 6.42 Å². The van der Waals surface area contributed by atoms with E-state index in [1.807, 2.05) is 6.07 Å². The monoisotopic (exact) mass is 193 g/mol. The number of fused-ring (bicyclic) bond motifs is 1. The first-order valence-corrected chi connectivity index (χ1v) is 5.05. The molecular weight excluding hydrogens is 177 g/mol. The Labute approximate surface area is 84.3 Å². The summed E-state index contributed by atoms with van der Waals surface area (Å²) in [6.45, 7) is 6.54. The predicted octanol–water partition coefficient (Wildman–Crippen LogP) is 3.21. The Hall–Kier alpha value is -1.05. The molecule has 0 aliphatic carbocycles. The van der Waals surface area contributed by atoms with Crippen LogP contribution in [0.4, 0.5) is 10.1 Å². The summed E-state index contributed by atoms with van der Waals surface area (Å²) in [5.74, 6) is 0.405. The highest BCUT2D eigenvalue weighted by Gasteiger charge is 2.31. The number of benzene rings is 1. The Bertz CT molecular complexity index is 357. The Morgan fingerprint density at radius 3 is 2.86 bits per heavy atom. The predicted molar refractivity (Wildman–Crippen MR) is 57.0 cm³/mol. The average molecular weight is 193 g/mol. The fraction of sp³-hybridized carbons (Fsp3) is 0.500. The van der Waals surface area contributed by atoms with Gasteiger partial charge in [0, 0.05) is 11.2 Å². The minimum Gasteiger partial charge on any atom is -0.380 e. The first-order chi connectivity index (χ1) is 6.49. The Morgan fingerprint density at radius 2 is 2.14 bits per heavy atom. The van der Waals surface area contributed by atoms with Gasteiger partial charge in [0.15, 0.2) is 0 Å². The van der Waals surface area contributed by atoms with Gasteiger partial charge in [-0.2, -0.15) is 0 Å². The van der Waals surface area contributed by atoms with Gasteiger partial charge in [0.1, 0.15) is 5.82 Å². The summed E-state index contributed by atoms with van der Waals surface area (Å²) in [6, 6.07) is 5.00. The zero-order chi connectivity index (χ0) is 10.3. The van der Waals surface area contributed by atoms with Gasteiger partial charge >= 0.3 is 0 Å². The number of anilines is 1. The summed E-state index contributed by atoms with van der Waals surface area (Å²) >= 11 is 0. The second-order valence-corrected chi connectivity index (χ2v) is 4.75. The topological polar surface area (TPSA) is 12.0 Å². The molecule has 0 saturated heterocycles. The SMILES string of the molecule is CC1Cc2ccc(F)cc2NC1(C)C. The van der Waals surface area contributed by atoms with Gasteiger partial charge in [-0.15, -0.1) is 0 Å². The van der Waals surface area contributed by atoms with Gasteiger partial charge in [0.05, 0.1) is 0 Å². The molecule has 1 aromatic carbocycles. The molecule has 1 unspecified atom stereocenters. The van der Waals surface area contributed by atoms with Crippen LogP contribution >= 0.6 is 0 Å². The van der Waals surface area contributed by atoms with Crippen molar-refractivity contribution < 1.29 is 4.39 Å². The Kier molecular flexibility index (Phi) is 2.02. The summed E-state index contributed by atoms with van der Waals surface area (Å²) in [4.78, 5) is 0. The molecule has 0 radical (unpaired) electrons. The van der Waals surface area contributed by atoms with E-state index in [-0.39, 0.29) is 11.4 Å². The van der Waals surface area contributed by atoms with E-state index in [0.29, 0.717) is 5.92 Å². The number of halogens is 1. The zero-order valence-corrected chi connectivity index (χ0v) is 8.89. The van der Waals surface area contributed by atoms with E-state index in [4.69, 9.17) is 0 Å². The summed E-state index contributed by atoms with van der Waals surface area (Å²) in [5, 5.41) is 3.39. The lowest BCUT2D eigenvalue weighted by Gasteiger charge is -2.39. The van der Waals surface area contributed by atoms with Crippen molar-refractivity contribution in [3.05, 3.63) is 29.6 Å². The van der Waals surface area contributed by atoms with Gasteiger partial charge in [0.25, 0.3) is 0 Å². The molecule has 76 valence electrons. The third kappa shape index (κ3) is 1.49. The van der Waals surface area contributed by atoms with E-state index in [9.17, 15) is 4.39 Å². The summed E-state index contributed by atoms with van der Waals surface area (Å²) < 4.78 is 13.0. The molecule has 1 aromatic rings. The molecule has 0 aromatic heterocycles. The summed E-state index contributed by atoms with van der Waals surface area (Å²) in [6.07, 6.45) is 1.02. The van der Waals surface area contributed by atoms with E-state index in [1.165, 1.54) is 11.6 Å². The maximum atomic E-state index is 13.0. The highest BCUT2D eigenvalue weighted by Crippen LogP contribution is 2.34. The highest BCUT2D eigenvalue weighted by atomic mass is 19.1. The lowest BCUT2D eigenvalue weighted by Crippen LogP contribution is -2.42. The van der Waals surface area contributed by atoms with Crippen molar-refractivity contribution in [1.82, 2.24) is 0 Å². The molecule has 1 aliphatic heterocycles. The van der Waals surface area contributed by atoms with Crippen molar-refractivity contribution in [2.75, 3.05) is 5.32 Å². The molecule has 0 saturated carbocycles. The van der Waals surface area contributed by atoms with Gasteiger partial charge in [-0.05, 0) is 43.9 Å². The first-order valence-electron chi connectivity index (χ1n) is 5.05. The van der Waals surface area contributed by atoms with Crippen LogP contribution in [0.5, 0.6) is 0 Å². The van der Waals surface area contributed by atoms with E-state index >= 15 is 0 Å². The minimum absolute atomic E-state index is 0.0563. The van der Waals surface area contributed by atoms with Crippen molar-refractivity contribution in [2.24, 2.45) is 5.92 Å². The molecule has 0 amide bonds. The molecule has 14 heavy (non-hydrogen) atoms. The normalized spacial score (nSPS) is 23.9. The highest BCUT2D eigenvalue weighted by molar-refractivity contribution is 5.55. The third-order valence-corrected chi connectivity index (χ3v) is 3.29. The van der Waals surface area contributed by atoms with Crippen molar-refractivity contribution in [3.63, 3.8) is 0 Å². The molecule has 0 fully saturated rings. The molecule has 0 spiro atoms. The second kappa shape index (κ2) is 2.97. The quantitative estimate of drug-likeness (QED) is 0.667. The van der Waals surface area contributed by atoms with Gasteiger partial charge in [-0.3, -0.25) is 0 Å². The van der Waals surface area contributed by atoms with Crippen LogP contribution in [0.3, 0.4) is 0 Å². The summed E-state index contributed by atoms with van der Waals surface area (Å²) in [5.41, 5.74) is 2.23. The molecule has 1 nitrogen and oxygen atoms in total. The molecule has 2 rings (SSSR count). The molecule has 0 bridgehead atoms. The van der Waals surface area contributed by atoms with Crippen LogP contribution in [0.15, 0.2) is 18.2 Å². The average Bonchev–Trinajstić information content (AvgIpc) is 2.07. The summed E-state index contributed by atoms with van der Waals surface area (Å²) in [7, 11) is 0. The lowest BCUT2D eigenvalue weighted by atomic mass is 9.80. The maximum Gasteiger partial charge on any atom is 0.125 e. The molecule has 1 atom stereocenters. The van der Waals surface area contributed by atoms with Crippen LogP contribution in [0, 0.1) is 11.7 Å². The smallest absolute Gasteiger partial charge is 0.125 e. The fourth-order valence-electron chi connectivity index (χ4n) is 1.90.